The Labute approximate surface area is 168 Å². The van der Waals surface area contributed by atoms with Gasteiger partial charge in [-0.1, -0.05) is 57.6 Å². The first-order chi connectivity index (χ1) is 12.8. The summed E-state index contributed by atoms with van der Waals surface area (Å²) in [4.78, 5) is 22.4. The second-order valence-electron chi connectivity index (χ2n) is 9.44. The minimum atomic E-state index is -0.453. The highest BCUT2D eigenvalue weighted by atomic mass is 17.2. The molecule has 0 aliphatic heterocycles. The van der Waals surface area contributed by atoms with Crippen LogP contribution in [0.25, 0.3) is 0 Å². The molecule has 0 radical (unpaired) electrons. The largest absolute Gasteiger partial charge is 0.345 e. The number of rotatable bonds is 13. The quantitative estimate of drug-likeness (QED) is 0.143. The Hall–Kier alpha value is -0.830. The normalized spacial score (nSPS) is 17.3. The molecule has 27 heavy (non-hydrogen) atoms. The van der Waals surface area contributed by atoms with Gasteiger partial charge >= 0.3 is 5.97 Å². The fraction of sp³-hybridized carbons (Fsp3) is 0.875. The fourth-order valence-corrected chi connectivity index (χ4v) is 3.67. The highest BCUT2D eigenvalue weighted by Gasteiger charge is 2.21. The number of unbranched alkanes of at least 4 members (excludes halogenated alkanes) is 3. The Morgan fingerprint density at radius 3 is 2.48 bits per heavy atom. The topological polar surface area (TPSA) is 35.5 Å². The number of allylic oxidation sites excluding steroid dienone is 2. The molecule has 3 nitrogen and oxygen atoms in total. The van der Waals surface area contributed by atoms with Crippen molar-refractivity contribution >= 4 is 5.97 Å². The van der Waals surface area contributed by atoms with Gasteiger partial charge in [0.15, 0.2) is 0 Å². The molecule has 0 aromatic rings. The Kier molecular flexibility index (Phi) is 12.0. The van der Waals surface area contributed by atoms with Gasteiger partial charge in [0.2, 0.25) is 0 Å². The van der Waals surface area contributed by atoms with Crippen molar-refractivity contribution in [1.29, 1.82) is 0 Å². The first kappa shape index (κ1) is 24.2. The van der Waals surface area contributed by atoms with Crippen LogP contribution in [0, 0.1) is 11.8 Å². The minimum absolute atomic E-state index is 0.0978. The molecule has 0 aromatic heterocycles. The summed E-state index contributed by atoms with van der Waals surface area (Å²) < 4.78 is 0. The number of carbonyl (C=O) groups excluding carboxylic acids is 1. The van der Waals surface area contributed by atoms with Crippen LogP contribution in [0.1, 0.15) is 118 Å². The maximum absolute atomic E-state index is 12.2. The molecule has 1 aliphatic carbocycles. The maximum atomic E-state index is 12.2. The van der Waals surface area contributed by atoms with Crippen molar-refractivity contribution in [1.82, 2.24) is 0 Å². The Balaban J connectivity index is 2.41. The third-order valence-corrected chi connectivity index (χ3v) is 5.51. The minimum Gasteiger partial charge on any atom is -0.298 e. The van der Waals surface area contributed by atoms with Crippen molar-refractivity contribution in [3.05, 3.63) is 11.6 Å². The number of hydrogen-bond donors (Lipinski definition) is 0. The van der Waals surface area contributed by atoms with Gasteiger partial charge in [0, 0.05) is 0 Å². The van der Waals surface area contributed by atoms with Crippen molar-refractivity contribution in [2.75, 3.05) is 0 Å². The third-order valence-electron chi connectivity index (χ3n) is 5.51. The second-order valence-corrected chi connectivity index (χ2v) is 9.44. The van der Waals surface area contributed by atoms with E-state index in [0.29, 0.717) is 0 Å². The zero-order chi connectivity index (χ0) is 20.1. The van der Waals surface area contributed by atoms with E-state index < -0.39 is 5.60 Å². The number of carbonyl (C=O) groups is 1. The van der Waals surface area contributed by atoms with E-state index >= 15 is 0 Å². The van der Waals surface area contributed by atoms with E-state index in [4.69, 9.17) is 9.78 Å². The average molecular weight is 381 g/mol. The van der Waals surface area contributed by atoms with Gasteiger partial charge in [0.1, 0.15) is 5.60 Å². The summed E-state index contributed by atoms with van der Waals surface area (Å²) in [7, 11) is 0. The molecular formula is C24H44O3. The standard InChI is InChI=1S/C24H44O3/c1-6-7-8-10-15-22(19-18-21-13-11-9-12-14-21)17-16-20(2)23(25)26-27-24(3,4)5/h13,20,22H,6-12,14-19H2,1-5H3. The van der Waals surface area contributed by atoms with E-state index in [1.165, 1.54) is 70.6 Å². The summed E-state index contributed by atoms with van der Waals surface area (Å²) in [6.45, 7) is 9.89. The zero-order valence-electron chi connectivity index (χ0n) is 18.6. The van der Waals surface area contributed by atoms with Gasteiger partial charge in [0.05, 0.1) is 5.92 Å². The molecule has 2 atom stereocenters. The molecule has 1 rings (SSSR count). The summed E-state index contributed by atoms with van der Waals surface area (Å²) in [6.07, 6.45) is 18.9. The summed E-state index contributed by atoms with van der Waals surface area (Å²) in [6, 6.07) is 0. The van der Waals surface area contributed by atoms with Crippen molar-refractivity contribution in [2.45, 2.75) is 124 Å². The SMILES string of the molecule is CCCCCCC(CCC1=CCCCC1)CCC(C)C(=O)OOC(C)(C)C. The molecule has 0 amide bonds. The molecule has 1 aliphatic rings. The molecule has 0 spiro atoms. The van der Waals surface area contributed by atoms with E-state index in [9.17, 15) is 4.79 Å². The van der Waals surface area contributed by atoms with Crippen LogP contribution in [0.5, 0.6) is 0 Å². The summed E-state index contributed by atoms with van der Waals surface area (Å²) >= 11 is 0. The molecule has 0 fully saturated rings. The molecule has 0 saturated heterocycles. The van der Waals surface area contributed by atoms with Crippen LogP contribution in [0.4, 0.5) is 0 Å². The lowest BCUT2D eigenvalue weighted by molar-refractivity contribution is -0.323. The van der Waals surface area contributed by atoms with Gasteiger partial charge in [-0.25, -0.2) is 4.79 Å². The third kappa shape index (κ3) is 12.3. The van der Waals surface area contributed by atoms with Crippen molar-refractivity contribution in [3.63, 3.8) is 0 Å². The lowest BCUT2D eigenvalue weighted by Gasteiger charge is -2.21. The van der Waals surface area contributed by atoms with Gasteiger partial charge in [-0.2, -0.15) is 4.89 Å². The van der Waals surface area contributed by atoms with Gasteiger partial charge in [-0.3, -0.25) is 4.89 Å². The van der Waals surface area contributed by atoms with E-state index in [-0.39, 0.29) is 11.9 Å². The smallest absolute Gasteiger partial charge is 0.298 e. The summed E-state index contributed by atoms with van der Waals surface area (Å²) in [5.41, 5.74) is 1.22. The monoisotopic (exact) mass is 380 g/mol. The van der Waals surface area contributed by atoms with Crippen LogP contribution >= 0.6 is 0 Å². The van der Waals surface area contributed by atoms with Crippen LogP contribution in [-0.2, 0) is 14.6 Å². The van der Waals surface area contributed by atoms with Gasteiger partial charge in [-0.05, 0) is 78.1 Å². The number of hydrogen-bond acceptors (Lipinski definition) is 3. The predicted octanol–water partition coefficient (Wildman–Crippen LogP) is 7.54. The van der Waals surface area contributed by atoms with Crippen molar-refractivity contribution in [2.24, 2.45) is 11.8 Å². The summed E-state index contributed by atoms with van der Waals surface area (Å²) in [5, 5.41) is 0. The van der Waals surface area contributed by atoms with E-state index in [1.807, 2.05) is 27.7 Å². The molecule has 158 valence electrons. The highest BCUT2D eigenvalue weighted by molar-refractivity contribution is 5.71. The van der Waals surface area contributed by atoms with Crippen LogP contribution in [-0.4, -0.2) is 11.6 Å². The molecule has 3 heteroatoms. The van der Waals surface area contributed by atoms with Gasteiger partial charge < -0.3 is 0 Å². The van der Waals surface area contributed by atoms with Crippen LogP contribution in [0.2, 0.25) is 0 Å². The van der Waals surface area contributed by atoms with Crippen LogP contribution in [0.3, 0.4) is 0 Å². The fourth-order valence-electron chi connectivity index (χ4n) is 3.67. The van der Waals surface area contributed by atoms with Crippen molar-refractivity contribution < 1.29 is 14.6 Å². The Morgan fingerprint density at radius 1 is 1.07 bits per heavy atom. The average Bonchev–Trinajstić information content (AvgIpc) is 2.64. The molecule has 0 saturated carbocycles. The molecule has 2 unspecified atom stereocenters. The Bertz CT molecular complexity index is 433. The van der Waals surface area contributed by atoms with Gasteiger partial charge in [0.25, 0.3) is 0 Å². The van der Waals surface area contributed by atoms with Gasteiger partial charge in [-0.15, -0.1) is 0 Å². The molecule has 0 heterocycles. The highest BCUT2D eigenvalue weighted by Crippen LogP contribution is 2.29. The molecule has 0 bridgehead atoms. The molecule has 0 N–H and O–H groups in total. The molecular weight excluding hydrogens is 336 g/mol. The van der Waals surface area contributed by atoms with Crippen molar-refractivity contribution in [3.8, 4) is 0 Å². The maximum Gasteiger partial charge on any atom is 0.345 e. The Morgan fingerprint density at radius 2 is 1.85 bits per heavy atom. The zero-order valence-corrected chi connectivity index (χ0v) is 18.6. The predicted molar refractivity (Wildman–Crippen MR) is 113 cm³/mol. The first-order valence-electron chi connectivity index (χ1n) is 11.4. The van der Waals surface area contributed by atoms with E-state index in [1.54, 1.807) is 5.57 Å². The first-order valence-corrected chi connectivity index (χ1v) is 11.4. The van der Waals surface area contributed by atoms with Crippen LogP contribution < -0.4 is 0 Å². The van der Waals surface area contributed by atoms with E-state index in [2.05, 4.69) is 13.0 Å². The second kappa shape index (κ2) is 13.4. The lowest BCUT2D eigenvalue weighted by atomic mass is 9.86. The molecule has 0 aromatic carbocycles. The summed E-state index contributed by atoms with van der Waals surface area (Å²) in [5.74, 6) is 0.396. The van der Waals surface area contributed by atoms with Crippen LogP contribution in [0.15, 0.2) is 11.6 Å². The lowest BCUT2D eigenvalue weighted by Crippen LogP contribution is -2.25. The van der Waals surface area contributed by atoms with E-state index in [0.717, 1.165) is 18.8 Å².